The monoisotopic (exact) mass is 449 g/mol. The van der Waals surface area contributed by atoms with Crippen LogP contribution in [-0.4, -0.2) is 61.7 Å². The fourth-order valence-electron chi connectivity index (χ4n) is 4.38. The van der Waals surface area contributed by atoms with Gasteiger partial charge in [0, 0.05) is 45.1 Å². The molecule has 7 nitrogen and oxygen atoms in total. The van der Waals surface area contributed by atoms with Gasteiger partial charge in [-0.2, -0.15) is 4.31 Å². The second-order valence-electron chi connectivity index (χ2n) is 9.08. The maximum Gasteiger partial charge on any atom is 0.243 e. The molecule has 1 saturated carbocycles. The average molecular weight is 450 g/mol. The fourth-order valence-corrected chi connectivity index (χ4v) is 6.12. The smallest absolute Gasteiger partial charge is 0.243 e. The molecule has 0 aromatic heterocycles. The minimum absolute atomic E-state index is 0.0657. The third-order valence-electron chi connectivity index (χ3n) is 6.50. The number of carbonyl (C=O) groups excluding carboxylic acids is 2. The predicted molar refractivity (Wildman–Crippen MR) is 120 cm³/mol. The second kappa shape index (κ2) is 10.1. The van der Waals surface area contributed by atoms with Crippen LogP contribution in [0.25, 0.3) is 0 Å². The van der Waals surface area contributed by atoms with Crippen molar-refractivity contribution in [2.45, 2.75) is 70.2 Å². The Hall–Kier alpha value is -1.93. The number of aryl methyl sites for hydroxylation is 2. The number of benzene rings is 1. The molecule has 1 aromatic rings. The lowest BCUT2D eigenvalue weighted by Crippen LogP contribution is -2.50. The summed E-state index contributed by atoms with van der Waals surface area (Å²) in [6.45, 7) is 7.16. The predicted octanol–water partition coefficient (Wildman–Crippen LogP) is 2.61. The van der Waals surface area contributed by atoms with Gasteiger partial charge in [0.1, 0.15) is 0 Å². The molecule has 0 atom stereocenters. The number of nitrogens with one attached hydrogen (secondary N) is 1. The molecule has 8 heteroatoms. The van der Waals surface area contributed by atoms with Gasteiger partial charge in [0.15, 0.2) is 0 Å². The van der Waals surface area contributed by atoms with Gasteiger partial charge in [0.25, 0.3) is 0 Å². The van der Waals surface area contributed by atoms with E-state index in [1.807, 2.05) is 19.1 Å². The number of piperazine rings is 1. The summed E-state index contributed by atoms with van der Waals surface area (Å²) in [5, 5.41) is 3.06. The molecule has 0 spiro atoms. The van der Waals surface area contributed by atoms with Crippen molar-refractivity contribution in [3.05, 3.63) is 29.3 Å². The van der Waals surface area contributed by atoms with E-state index in [1.165, 1.54) is 4.31 Å². The number of sulfonamides is 1. The van der Waals surface area contributed by atoms with Gasteiger partial charge in [0.05, 0.1) is 4.90 Å². The summed E-state index contributed by atoms with van der Waals surface area (Å²) in [5.41, 5.74) is 1.63. The van der Waals surface area contributed by atoms with E-state index in [-0.39, 0.29) is 43.8 Å². The average Bonchev–Trinajstić information content (AvgIpc) is 2.75. The van der Waals surface area contributed by atoms with Gasteiger partial charge in [-0.3, -0.25) is 9.59 Å². The van der Waals surface area contributed by atoms with Crippen LogP contribution in [0.2, 0.25) is 0 Å². The molecule has 0 bridgehead atoms. The van der Waals surface area contributed by atoms with Crippen molar-refractivity contribution < 1.29 is 18.0 Å². The highest BCUT2D eigenvalue weighted by Gasteiger charge is 2.31. The second-order valence-corrected chi connectivity index (χ2v) is 11.0. The molecule has 172 valence electrons. The molecule has 1 aliphatic carbocycles. The number of nitrogens with zero attached hydrogens (tertiary/aromatic N) is 2. The molecule has 1 N–H and O–H groups in total. The quantitative estimate of drug-likeness (QED) is 0.723. The third kappa shape index (κ3) is 6.07. The zero-order valence-corrected chi connectivity index (χ0v) is 19.7. The molecule has 0 unspecified atom stereocenters. The number of carbonyl (C=O) groups is 2. The maximum atomic E-state index is 13.0. The summed E-state index contributed by atoms with van der Waals surface area (Å²) in [6.07, 6.45) is 4.65. The molecule has 2 amide bonds. The normalized spacial score (nSPS) is 22.9. The van der Waals surface area contributed by atoms with E-state index in [0.29, 0.717) is 18.0 Å². The Morgan fingerprint density at radius 2 is 1.65 bits per heavy atom. The lowest BCUT2D eigenvalue weighted by Gasteiger charge is -2.34. The summed E-state index contributed by atoms with van der Waals surface area (Å²) in [7, 11) is -3.58. The minimum Gasteiger partial charge on any atom is -0.353 e. The summed E-state index contributed by atoms with van der Waals surface area (Å²) >= 11 is 0. The lowest BCUT2D eigenvalue weighted by atomic mass is 9.87. The van der Waals surface area contributed by atoms with Crippen molar-refractivity contribution in [3.63, 3.8) is 0 Å². The van der Waals surface area contributed by atoms with Gasteiger partial charge in [-0.1, -0.05) is 19.1 Å². The third-order valence-corrected chi connectivity index (χ3v) is 8.54. The molecule has 3 rings (SSSR count). The van der Waals surface area contributed by atoms with E-state index in [0.717, 1.165) is 42.7 Å². The lowest BCUT2D eigenvalue weighted by molar-refractivity contribution is -0.134. The van der Waals surface area contributed by atoms with Crippen LogP contribution in [0.5, 0.6) is 0 Å². The summed E-state index contributed by atoms with van der Waals surface area (Å²) in [4.78, 5) is 26.8. The van der Waals surface area contributed by atoms with E-state index in [1.54, 1.807) is 17.9 Å². The Labute approximate surface area is 186 Å². The molecule has 1 aromatic carbocycles. The number of rotatable bonds is 6. The topological polar surface area (TPSA) is 86.8 Å². The molecule has 1 heterocycles. The number of hydrogen-bond donors (Lipinski definition) is 1. The van der Waals surface area contributed by atoms with Crippen molar-refractivity contribution in [1.82, 2.24) is 14.5 Å². The first kappa shape index (κ1) is 23.7. The van der Waals surface area contributed by atoms with E-state index in [4.69, 9.17) is 0 Å². The molecular weight excluding hydrogens is 414 g/mol. The van der Waals surface area contributed by atoms with Crippen molar-refractivity contribution in [2.75, 3.05) is 26.2 Å². The molecule has 2 fully saturated rings. The van der Waals surface area contributed by atoms with Crippen molar-refractivity contribution >= 4 is 21.8 Å². The van der Waals surface area contributed by atoms with Crippen LogP contribution in [0.15, 0.2) is 23.1 Å². The molecule has 31 heavy (non-hydrogen) atoms. The standard InChI is InChI=1S/C23H35N3O4S/c1-17-5-8-20(9-6-17)24-22(27)10-11-23(28)25-12-14-26(15-13-25)31(29,30)21-16-18(2)4-7-19(21)3/h4,7,16-17,20H,5-6,8-15H2,1-3H3,(H,24,27). The highest BCUT2D eigenvalue weighted by atomic mass is 32.2. The van der Waals surface area contributed by atoms with Crippen LogP contribution in [-0.2, 0) is 19.6 Å². The Balaban J connectivity index is 1.46. The van der Waals surface area contributed by atoms with Crippen LogP contribution in [0.4, 0.5) is 0 Å². The summed E-state index contributed by atoms with van der Waals surface area (Å²) in [5.74, 6) is 0.576. The van der Waals surface area contributed by atoms with Gasteiger partial charge in [-0.05, 0) is 62.6 Å². The molecule has 1 saturated heterocycles. The molecule has 0 radical (unpaired) electrons. The molecule has 2 aliphatic rings. The minimum atomic E-state index is -3.58. The summed E-state index contributed by atoms with van der Waals surface area (Å²) < 4.78 is 27.5. The van der Waals surface area contributed by atoms with Crippen molar-refractivity contribution in [2.24, 2.45) is 5.92 Å². The maximum absolute atomic E-state index is 13.0. The zero-order chi connectivity index (χ0) is 22.6. The van der Waals surface area contributed by atoms with E-state index in [2.05, 4.69) is 12.2 Å². The Bertz CT molecular complexity index is 899. The van der Waals surface area contributed by atoms with Gasteiger partial charge >= 0.3 is 0 Å². The first-order valence-electron chi connectivity index (χ1n) is 11.3. The van der Waals surface area contributed by atoms with Gasteiger partial charge in [0.2, 0.25) is 21.8 Å². The van der Waals surface area contributed by atoms with Gasteiger partial charge in [-0.15, -0.1) is 0 Å². The van der Waals surface area contributed by atoms with E-state index < -0.39 is 10.0 Å². The Kier molecular flexibility index (Phi) is 7.75. The Morgan fingerprint density at radius 1 is 1.00 bits per heavy atom. The van der Waals surface area contributed by atoms with Crippen LogP contribution >= 0.6 is 0 Å². The summed E-state index contributed by atoms with van der Waals surface area (Å²) in [6, 6.07) is 5.66. The highest BCUT2D eigenvalue weighted by molar-refractivity contribution is 7.89. The highest BCUT2D eigenvalue weighted by Crippen LogP contribution is 2.24. The van der Waals surface area contributed by atoms with Gasteiger partial charge in [-0.25, -0.2) is 8.42 Å². The van der Waals surface area contributed by atoms with Crippen LogP contribution in [0.1, 0.15) is 56.6 Å². The van der Waals surface area contributed by atoms with Gasteiger partial charge < -0.3 is 10.2 Å². The SMILES string of the molecule is Cc1ccc(C)c(S(=O)(=O)N2CCN(C(=O)CCC(=O)NC3CCC(C)CC3)CC2)c1. The largest absolute Gasteiger partial charge is 0.353 e. The molecular formula is C23H35N3O4S. The van der Waals surface area contributed by atoms with E-state index in [9.17, 15) is 18.0 Å². The zero-order valence-electron chi connectivity index (χ0n) is 18.9. The van der Waals surface area contributed by atoms with Crippen molar-refractivity contribution in [1.29, 1.82) is 0 Å². The van der Waals surface area contributed by atoms with Crippen LogP contribution in [0, 0.1) is 19.8 Å². The first-order valence-corrected chi connectivity index (χ1v) is 12.8. The van der Waals surface area contributed by atoms with Crippen molar-refractivity contribution in [3.8, 4) is 0 Å². The Morgan fingerprint density at radius 3 is 2.29 bits per heavy atom. The fraction of sp³-hybridized carbons (Fsp3) is 0.652. The van der Waals surface area contributed by atoms with Crippen LogP contribution in [0.3, 0.4) is 0 Å². The van der Waals surface area contributed by atoms with E-state index >= 15 is 0 Å². The first-order chi connectivity index (χ1) is 14.7. The molecule has 1 aliphatic heterocycles. The number of hydrogen-bond acceptors (Lipinski definition) is 4. The number of amides is 2. The van der Waals surface area contributed by atoms with Crippen LogP contribution < -0.4 is 5.32 Å².